The Bertz CT molecular complexity index is 436. The summed E-state index contributed by atoms with van der Waals surface area (Å²) in [6, 6.07) is 7.52. The number of halogens is 1. The van der Waals surface area contributed by atoms with Gasteiger partial charge in [-0.05, 0) is 31.5 Å². The second-order valence-electron chi connectivity index (χ2n) is 5.52. The van der Waals surface area contributed by atoms with Crippen LogP contribution in [0.4, 0.5) is 0 Å². The Labute approximate surface area is 119 Å². The molecule has 1 aromatic rings. The summed E-state index contributed by atoms with van der Waals surface area (Å²) in [5.41, 5.74) is 0.625. The fraction of sp³-hybridized carbons (Fsp3) is 0.533. The summed E-state index contributed by atoms with van der Waals surface area (Å²) >= 11 is 5.86. The van der Waals surface area contributed by atoms with Crippen molar-refractivity contribution in [3.8, 4) is 0 Å². The molecule has 3 nitrogen and oxygen atoms in total. The molecule has 2 rings (SSSR count). The van der Waals surface area contributed by atoms with Gasteiger partial charge in [0.05, 0.1) is 5.54 Å². The second-order valence-corrected chi connectivity index (χ2v) is 5.96. The van der Waals surface area contributed by atoms with E-state index in [2.05, 4.69) is 10.2 Å². The molecule has 1 aliphatic heterocycles. The molecule has 0 aliphatic carbocycles. The highest BCUT2D eigenvalue weighted by atomic mass is 35.5. The first-order valence-corrected chi connectivity index (χ1v) is 7.11. The Balaban J connectivity index is 2.03. The molecule has 4 heteroatoms. The quantitative estimate of drug-likeness (QED) is 0.917. The molecule has 0 bridgehead atoms. The number of carbonyl (C=O) groups excluding carboxylic acids is 1. The van der Waals surface area contributed by atoms with Crippen LogP contribution in [0.3, 0.4) is 0 Å². The van der Waals surface area contributed by atoms with Gasteiger partial charge >= 0.3 is 0 Å². The second kappa shape index (κ2) is 6.04. The summed E-state index contributed by atoms with van der Waals surface area (Å²) < 4.78 is 0. The van der Waals surface area contributed by atoms with Crippen LogP contribution in [0.5, 0.6) is 0 Å². The van der Waals surface area contributed by atoms with Crippen molar-refractivity contribution in [2.75, 3.05) is 26.2 Å². The molecule has 1 N–H and O–H groups in total. The molecule has 1 saturated heterocycles. The van der Waals surface area contributed by atoms with E-state index in [-0.39, 0.29) is 5.78 Å². The number of carbonyl (C=O) groups is 1. The fourth-order valence-corrected chi connectivity index (χ4v) is 2.53. The molecule has 0 amide bonds. The summed E-state index contributed by atoms with van der Waals surface area (Å²) in [6.45, 7) is 7.82. The number of hydrogen-bond donors (Lipinski definition) is 1. The van der Waals surface area contributed by atoms with Gasteiger partial charge in [-0.1, -0.05) is 23.7 Å². The number of Topliss-reactive ketones (excluding diaryl/α,β-unsaturated/α-hetero) is 1. The average molecular weight is 281 g/mol. The Hall–Kier alpha value is -0.900. The van der Waals surface area contributed by atoms with Gasteiger partial charge in [0.15, 0.2) is 5.78 Å². The van der Waals surface area contributed by atoms with Crippen molar-refractivity contribution in [1.29, 1.82) is 0 Å². The molecule has 1 aliphatic rings. The van der Waals surface area contributed by atoms with E-state index in [1.807, 2.05) is 38.1 Å². The van der Waals surface area contributed by atoms with Crippen molar-refractivity contribution in [2.24, 2.45) is 0 Å². The van der Waals surface area contributed by atoms with Crippen LogP contribution < -0.4 is 5.32 Å². The largest absolute Gasteiger partial charge is 0.314 e. The van der Waals surface area contributed by atoms with Gasteiger partial charge in [-0.15, -0.1) is 0 Å². The van der Waals surface area contributed by atoms with Gasteiger partial charge in [0, 0.05) is 37.6 Å². The molecule has 0 aromatic heterocycles. The van der Waals surface area contributed by atoms with E-state index in [9.17, 15) is 4.79 Å². The van der Waals surface area contributed by atoms with Crippen molar-refractivity contribution >= 4 is 17.4 Å². The summed E-state index contributed by atoms with van der Waals surface area (Å²) in [6.07, 6.45) is 0.466. The third kappa shape index (κ3) is 3.56. The lowest BCUT2D eigenvalue weighted by atomic mass is 9.91. The van der Waals surface area contributed by atoms with Crippen LogP contribution in [-0.2, 0) is 11.2 Å². The van der Waals surface area contributed by atoms with Crippen LogP contribution in [-0.4, -0.2) is 42.4 Å². The number of ketones is 1. The zero-order valence-electron chi connectivity index (χ0n) is 11.6. The van der Waals surface area contributed by atoms with Gasteiger partial charge < -0.3 is 5.32 Å². The minimum Gasteiger partial charge on any atom is -0.314 e. The van der Waals surface area contributed by atoms with Crippen molar-refractivity contribution in [2.45, 2.75) is 25.8 Å². The highest BCUT2D eigenvalue weighted by molar-refractivity contribution is 6.30. The van der Waals surface area contributed by atoms with E-state index >= 15 is 0 Å². The molecular weight excluding hydrogens is 260 g/mol. The van der Waals surface area contributed by atoms with E-state index in [0.717, 1.165) is 31.7 Å². The zero-order valence-corrected chi connectivity index (χ0v) is 12.3. The first-order chi connectivity index (χ1) is 9.00. The predicted molar refractivity (Wildman–Crippen MR) is 78.7 cm³/mol. The summed E-state index contributed by atoms with van der Waals surface area (Å²) in [4.78, 5) is 14.8. The van der Waals surface area contributed by atoms with Crippen molar-refractivity contribution in [3.63, 3.8) is 0 Å². The van der Waals surface area contributed by atoms with Crippen molar-refractivity contribution < 1.29 is 4.79 Å². The molecule has 0 spiro atoms. The SMILES string of the molecule is CC(C)(C(=O)Cc1ccc(Cl)cc1)N1CCNCC1. The number of rotatable bonds is 4. The number of hydrogen-bond acceptors (Lipinski definition) is 3. The topological polar surface area (TPSA) is 32.3 Å². The number of nitrogens with one attached hydrogen (secondary N) is 1. The fourth-order valence-electron chi connectivity index (χ4n) is 2.40. The molecular formula is C15H21ClN2O. The highest BCUT2D eigenvalue weighted by Crippen LogP contribution is 2.19. The normalized spacial score (nSPS) is 17.4. The van der Waals surface area contributed by atoms with E-state index in [0.29, 0.717) is 11.4 Å². The number of nitrogens with zero attached hydrogens (tertiary/aromatic N) is 1. The standard InChI is InChI=1S/C15H21ClN2O/c1-15(2,18-9-7-17-8-10-18)14(19)11-12-3-5-13(16)6-4-12/h3-6,17H,7-11H2,1-2H3. The summed E-state index contributed by atoms with van der Waals surface area (Å²) in [5.74, 6) is 0.261. The van der Waals surface area contributed by atoms with Crippen LogP contribution in [0.2, 0.25) is 5.02 Å². The minimum absolute atomic E-state index is 0.261. The first-order valence-electron chi connectivity index (χ1n) is 6.73. The van der Waals surface area contributed by atoms with E-state index in [1.165, 1.54) is 0 Å². The lowest BCUT2D eigenvalue weighted by Gasteiger charge is -2.40. The van der Waals surface area contributed by atoms with Gasteiger partial charge in [-0.3, -0.25) is 9.69 Å². The van der Waals surface area contributed by atoms with E-state index < -0.39 is 5.54 Å². The van der Waals surface area contributed by atoms with Crippen LogP contribution in [0.1, 0.15) is 19.4 Å². The molecule has 104 valence electrons. The molecule has 1 heterocycles. The Morgan fingerprint density at radius 3 is 2.42 bits per heavy atom. The first kappa shape index (κ1) is 14.5. The molecule has 0 saturated carbocycles. The molecule has 19 heavy (non-hydrogen) atoms. The highest BCUT2D eigenvalue weighted by Gasteiger charge is 2.34. The lowest BCUT2D eigenvalue weighted by Crippen LogP contribution is -2.57. The van der Waals surface area contributed by atoms with Crippen LogP contribution in [0, 0.1) is 0 Å². The molecule has 1 aromatic carbocycles. The van der Waals surface area contributed by atoms with Gasteiger partial charge in [-0.25, -0.2) is 0 Å². The van der Waals surface area contributed by atoms with Crippen molar-refractivity contribution in [3.05, 3.63) is 34.9 Å². The zero-order chi connectivity index (χ0) is 13.9. The monoisotopic (exact) mass is 280 g/mol. The van der Waals surface area contributed by atoms with Gasteiger partial charge in [0.25, 0.3) is 0 Å². The van der Waals surface area contributed by atoms with E-state index in [1.54, 1.807) is 0 Å². The third-order valence-electron chi connectivity index (χ3n) is 3.87. The maximum atomic E-state index is 12.5. The van der Waals surface area contributed by atoms with Crippen LogP contribution in [0.15, 0.2) is 24.3 Å². The molecule has 1 fully saturated rings. The maximum absolute atomic E-state index is 12.5. The number of benzene rings is 1. The van der Waals surface area contributed by atoms with Crippen molar-refractivity contribution in [1.82, 2.24) is 10.2 Å². The summed E-state index contributed by atoms with van der Waals surface area (Å²) in [5, 5.41) is 4.02. The van der Waals surface area contributed by atoms with E-state index in [4.69, 9.17) is 11.6 Å². The molecule has 0 unspecified atom stereocenters. The van der Waals surface area contributed by atoms with Crippen LogP contribution >= 0.6 is 11.6 Å². The third-order valence-corrected chi connectivity index (χ3v) is 4.12. The Kier molecular flexibility index (Phi) is 4.61. The maximum Gasteiger partial charge on any atom is 0.156 e. The number of piperazine rings is 1. The van der Waals surface area contributed by atoms with Crippen LogP contribution in [0.25, 0.3) is 0 Å². The van der Waals surface area contributed by atoms with Gasteiger partial charge in [-0.2, -0.15) is 0 Å². The Morgan fingerprint density at radius 1 is 1.26 bits per heavy atom. The minimum atomic E-state index is -0.401. The van der Waals surface area contributed by atoms with Gasteiger partial charge in [0.1, 0.15) is 0 Å². The predicted octanol–water partition coefficient (Wildman–Crippen LogP) is 2.14. The smallest absolute Gasteiger partial charge is 0.156 e. The lowest BCUT2D eigenvalue weighted by molar-refractivity contribution is -0.129. The average Bonchev–Trinajstić information content (AvgIpc) is 2.42. The Morgan fingerprint density at radius 2 is 1.84 bits per heavy atom. The summed E-state index contributed by atoms with van der Waals surface area (Å²) in [7, 11) is 0. The molecule has 0 radical (unpaired) electrons. The molecule has 0 atom stereocenters. The van der Waals surface area contributed by atoms with Gasteiger partial charge in [0.2, 0.25) is 0 Å².